The number of pyridine rings is 1. The van der Waals surface area contributed by atoms with Crippen molar-refractivity contribution in [3.05, 3.63) is 31.6 Å². The summed E-state index contributed by atoms with van der Waals surface area (Å²) in [6, 6.07) is 1.01. The van der Waals surface area contributed by atoms with Crippen molar-refractivity contribution < 1.29 is 8.78 Å². The van der Waals surface area contributed by atoms with Crippen LogP contribution in [0.15, 0.2) is 15.5 Å². The standard InChI is InChI=1S/C6H3BrClF2NO/c7-3-1-2(12)4(6(9)10)5(8)11-3/h1,6H,(H,11,12). The largest absolute Gasteiger partial charge is 0.340 e. The number of halogens is 4. The van der Waals surface area contributed by atoms with Crippen molar-refractivity contribution in [3.63, 3.8) is 0 Å². The molecular weight excluding hydrogens is 255 g/mol. The van der Waals surface area contributed by atoms with E-state index in [0.717, 1.165) is 6.07 Å². The second-order valence-corrected chi connectivity index (χ2v) is 3.24. The van der Waals surface area contributed by atoms with Crippen molar-refractivity contribution in [1.29, 1.82) is 0 Å². The van der Waals surface area contributed by atoms with E-state index in [0.29, 0.717) is 0 Å². The minimum absolute atomic E-state index is 0.280. The first kappa shape index (κ1) is 9.67. The highest BCUT2D eigenvalue weighted by Gasteiger charge is 2.16. The Balaban J connectivity index is 3.39. The Labute approximate surface area is 79.7 Å². The molecule has 0 aliphatic carbocycles. The lowest BCUT2D eigenvalue weighted by atomic mass is 10.3. The highest BCUT2D eigenvalue weighted by atomic mass is 79.9. The molecule has 0 amide bonds. The van der Waals surface area contributed by atoms with E-state index >= 15 is 0 Å². The number of alkyl halides is 2. The zero-order chi connectivity index (χ0) is 9.30. The molecule has 0 bridgehead atoms. The van der Waals surface area contributed by atoms with Crippen LogP contribution in [-0.4, -0.2) is 4.98 Å². The summed E-state index contributed by atoms with van der Waals surface area (Å²) in [5, 5.41) is -0.329. The molecule has 1 aromatic rings. The molecule has 0 aromatic carbocycles. The molecule has 0 saturated carbocycles. The summed E-state index contributed by atoms with van der Waals surface area (Å²) in [6.07, 6.45) is -2.85. The Morgan fingerprint density at radius 1 is 1.58 bits per heavy atom. The van der Waals surface area contributed by atoms with E-state index < -0.39 is 17.4 Å². The van der Waals surface area contributed by atoms with Gasteiger partial charge in [0, 0.05) is 6.07 Å². The number of rotatable bonds is 1. The molecule has 0 unspecified atom stereocenters. The predicted molar refractivity (Wildman–Crippen MR) is 44.7 cm³/mol. The summed E-state index contributed by atoms with van der Waals surface area (Å²) >= 11 is 8.28. The Morgan fingerprint density at radius 2 is 2.17 bits per heavy atom. The van der Waals surface area contributed by atoms with Crippen LogP contribution >= 0.6 is 27.5 Å². The fourth-order valence-electron chi connectivity index (χ4n) is 0.713. The van der Waals surface area contributed by atoms with E-state index in [1.165, 1.54) is 0 Å². The molecule has 1 rings (SSSR count). The summed E-state index contributed by atoms with van der Waals surface area (Å²) < 4.78 is 24.5. The molecule has 0 fully saturated rings. The maximum atomic E-state index is 12.1. The van der Waals surface area contributed by atoms with Gasteiger partial charge in [-0.25, -0.2) is 8.78 Å². The van der Waals surface area contributed by atoms with E-state index in [9.17, 15) is 13.6 Å². The maximum absolute atomic E-state index is 12.1. The van der Waals surface area contributed by atoms with E-state index in [2.05, 4.69) is 20.9 Å². The topological polar surface area (TPSA) is 32.9 Å². The first-order chi connectivity index (χ1) is 5.52. The van der Waals surface area contributed by atoms with Crippen LogP contribution in [0, 0.1) is 0 Å². The van der Waals surface area contributed by atoms with Crippen LogP contribution in [-0.2, 0) is 0 Å². The van der Waals surface area contributed by atoms with Gasteiger partial charge in [0.1, 0.15) is 10.7 Å². The summed E-state index contributed by atoms with van der Waals surface area (Å²) in [5.41, 5.74) is -1.47. The zero-order valence-electron chi connectivity index (χ0n) is 5.57. The normalized spacial score (nSPS) is 10.8. The molecule has 0 spiro atoms. The minimum atomic E-state index is -2.85. The summed E-state index contributed by atoms with van der Waals surface area (Å²) in [6.45, 7) is 0. The van der Waals surface area contributed by atoms with Gasteiger partial charge in [0.2, 0.25) is 0 Å². The number of hydrogen-bond donors (Lipinski definition) is 1. The van der Waals surface area contributed by atoms with Gasteiger partial charge in [0.25, 0.3) is 6.43 Å². The Kier molecular flexibility index (Phi) is 2.85. The lowest BCUT2D eigenvalue weighted by Gasteiger charge is -2.01. The van der Waals surface area contributed by atoms with Crippen LogP contribution in [0.4, 0.5) is 8.78 Å². The third-order valence-electron chi connectivity index (χ3n) is 1.21. The lowest BCUT2D eigenvalue weighted by molar-refractivity contribution is 0.150. The number of aromatic nitrogens is 1. The number of hydrogen-bond acceptors (Lipinski definition) is 1. The van der Waals surface area contributed by atoms with E-state index in [1.807, 2.05) is 0 Å². The molecular formula is C6H3BrClF2NO. The van der Waals surface area contributed by atoms with Crippen molar-refractivity contribution >= 4 is 27.5 Å². The lowest BCUT2D eigenvalue weighted by Crippen LogP contribution is -2.10. The molecule has 12 heavy (non-hydrogen) atoms. The van der Waals surface area contributed by atoms with Gasteiger partial charge in [-0.05, 0) is 15.9 Å². The average molecular weight is 258 g/mol. The van der Waals surface area contributed by atoms with Gasteiger partial charge in [0.15, 0.2) is 5.43 Å². The van der Waals surface area contributed by atoms with Crippen LogP contribution in [0.5, 0.6) is 0 Å². The minimum Gasteiger partial charge on any atom is -0.340 e. The molecule has 1 N–H and O–H groups in total. The Hall–Kier alpha value is -0.420. The van der Waals surface area contributed by atoms with Gasteiger partial charge in [-0.15, -0.1) is 0 Å². The van der Waals surface area contributed by atoms with Gasteiger partial charge >= 0.3 is 0 Å². The third kappa shape index (κ3) is 1.84. The quantitative estimate of drug-likeness (QED) is 0.772. The van der Waals surface area contributed by atoms with Gasteiger partial charge in [0.05, 0.1) is 4.60 Å². The molecule has 0 radical (unpaired) electrons. The highest BCUT2D eigenvalue weighted by Crippen LogP contribution is 2.22. The van der Waals surface area contributed by atoms with Crippen LogP contribution in [0.25, 0.3) is 0 Å². The molecule has 0 atom stereocenters. The zero-order valence-corrected chi connectivity index (χ0v) is 7.92. The van der Waals surface area contributed by atoms with E-state index in [1.54, 1.807) is 0 Å². The molecule has 66 valence electrons. The van der Waals surface area contributed by atoms with Gasteiger partial charge < -0.3 is 4.98 Å². The molecule has 0 aliphatic rings. The van der Waals surface area contributed by atoms with Crippen LogP contribution in [0.3, 0.4) is 0 Å². The summed E-state index contributed by atoms with van der Waals surface area (Å²) in [5.74, 6) is 0. The second kappa shape index (κ2) is 3.53. The fourth-order valence-corrected chi connectivity index (χ4v) is 1.51. The smallest absolute Gasteiger partial charge is 0.270 e. The second-order valence-electron chi connectivity index (χ2n) is 2.01. The van der Waals surface area contributed by atoms with Crippen LogP contribution < -0.4 is 5.43 Å². The maximum Gasteiger partial charge on any atom is 0.270 e. The SMILES string of the molecule is O=c1cc(Br)[nH]c(Cl)c1C(F)F. The van der Waals surface area contributed by atoms with Gasteiger partial charge in [-0.1, -0.05) is 11.6 Å². The molecule has 2 nitrogen and oxygen atoms in total. The summed E-state index contributed by atoms with van der Waals surface area (Å²) in [7, 11) is 0. The monoisotopic (exact) mass is 257 g/mol. The van der Waals surface area contributed by atoms with Crippen LogP contribution in [0.1, 0.15) is 12.0 Å². The predicted octanol–water partition coefficient (Wildman–Crippen LogP) is 2.73. The molecule has 1 aromatic heterocycles. The van der Waals surface area contributed by atoms with E-state index in [-0.39, 0.29) is 9.76 Å². The average Bonchev–Trinajstić information content (AvgIpc) is 1.82. The third-order valence-corrected chi connectivity index (χ3v) is 1.93. The molecule has 0 saturated heterocycles. The van der Waals surface area contributed by atoms with Crippen molar-refractivity contribution in [2.24, 2.45) is 0 Å². The van der Waals surface area contributed by atoms with Gasteiger partial charge in [-0.2, -0.15) is 0 Å². The molecule has 1 heterocycles. The fraction of sp³-hybridized carbons (Fsp3) is 0.167. The number of H-pyrrole nitrogens is 1. The van der Waals surface area contributed by atoms with Crippen molar-refractivity contribution in [2.45, 2.75) is 6.43 Å². The van der Waals surface area contributed by atoms with Crippen LogP contribution in [0.2, 0.25) is 5.15 Å². The Morgan fingerprint density at radius 3 is 2.58 bits per heavy atom. The highest BCUT2D eigenvalue weighted by molar-refractivity contribution is 9.10. The van der Waals surface area contributed by atoms with Gasteiger partial charge in [-0.3, -0.25) is 4.79 Å². The summed E-state index contributed by atoms with van der Waals surface area (Å²) in [4.78, 5) is 13.3. The first-order valence-corrected chi connectivity index (χ1v) is 4.06. The van der Waals surface area contributed by atoms with Crippen molar-refractivity contribution in [2.75, 3.05) is 0 Å². The number of aromatic amines is 1. The van der Waals surface area contributed by atoms with Crippen molar-refractivity contribution in [3.8, 4) is 0 Å². The Bertz CT molecular complexity index is 352. The van der Waals surface area contributed by atoms with Crippen molar-refractivity contribution in [1.82, 2.24) is 4.98 Å². The number of nitrogens with one attached hydrogen (secondary N) is 1. The first-order valence-electron chi connectivity index (χ1n) is 2.88. The molecule has 0 aliphatic heterocycles. The van der Waals surface area contributed by atoms with E-state index in [4.69, 9.17) is 11.6 Å². The molecule has 6 heteroatoms.